The van der Waals surface area contributed by atoms with Crippen molar-refractivity contribution < 1.29 is 9.59 Å². The molecule has 2 aromatic rings. The number of aromatic nitrogens is 1. The van der Waals surface area contributed by atoms with Crippen molar-refractivity contribution in [3.8, 4) is 0 Å². The molecule has 2 amide bonds. The number of pyridine rings is 1. The van der Waals surface area contributed by atoms with Crippen LogP contribution in [0.2, 0.25) is 0 Å². The van der Waals surface area contributed by atoms with Crippen LogP contribution in [0.1, 0.15) is 55.1 Å². The topological polar surface area (TPSA) is 74.3 Å². The lowest BCUT2D eigenvalue weighted by Crippen LogP contribution is -2.32. The highest BCUT2D eigenvalue weighted by Crippen LogP contribution is 2.18. The average molecular weight is 368 g/mol. The van der Waals surface area contributed by atoms with Crippen molar-refractivity contribution in [1.29, 1.82) is 0 Å². The molecule has 1 unspecified atom stereocenters. The maximum Gasteiger partial charge on any atom is 0.274 e. The van der Waals surface area contributed by atoms with Gasteiger partial charge in [-0.2, -0.15) is 0 Å². The van der Waals surface area contributed by atoms with E-state index in [9.17, 15) is 9.59 Å². The van der Waals surface area contributed by atoms with Gasteiger partial charge in [0.25, 0.3) is 11.8 Å². The molecule has 0 fully saturated rings. The second-order valence-corrected chi connectivity index (χ2v) is 6.36. The minimum absolute atomic E-state index is 0.0566. The maximum atomic E-state index is 12.5. The first kappa shape index (κ1) is 20.4. The number of anilines is 2. The van der Waals surface area contributed by atoms with E-state index in [0.717, 1.165) is 25.2 Å². The summed E-state index contributed by atoms with van der Waals surface area (Å²) in [6, 6.07) is 12.6. The fourth-order valence-electron chi connectivity index (χ4n) is 2.63. The van der Waals surface area contributed by atoms with Gasteiger partial charge in [0.2, 0.25) is 0 Å². The van der Waals surface area contributed by atoms with Crippen molar-refractivity contribution in [3.63, 3.8) is 0 Å². The van der Waals surface area contributed by atoms with Crippen LogP contribution in [0, 0.1) is 0 Å². The number of rotatable bonds is 8. The Labute approximate surface area is 161 Å². The third kappa shape index (κ3) is 5.54. The molecule has 0 aliphatic carbocycles. The summed E-state index contributed by atoms with van der Waals surface area (Å²) in [6.07, 6.45) is 0.829. The molecule has 1 atom stereocenters. The Morgan fingerprint density at radius 2 is 1.56 bits per heavy atom. The fourth-order valence-corrected chi connectivity index (χ4v) is 2.63. The lowest BCUT2D eigenvalue weighted by atomic mass is 10.2. The van der Waals surface area contributed by atoms with Crippen molar-refractivity contribution in [2.45, 2.75) is 40.2 Å². The average Bonchev–Trinajstić information content (AvgIpc) is 2.70. The van der Waals surface area contributed by atoms with Crippen LogP contribution < -0.4 is 15.5 Å². The van der Waals surface area contributed by atoms with Crippen LogP contribution in [0.3, 0.4) is 0 Å². The van der Waals surface area contributed by atoms with Gasteiger partial charge in [-0.25, -0.2) is 4.98 Å². The van der Waals surface area contributed by atoms with Crippen molar-refractivity contribution in [3.05, 3.63) is 53.9 Å². The van der Waals surface area contributed by atoms with Gasteiger partial charge in [0, 0.05) is 30.5 Å². The van der Waals surface area contributed by atoms with Crippen LogP contribution in [0.25, 0.3) is 0 Å². The van der Waals surface area contributed by atoms with Gasteiger partial charge in [0.1, 0.15) is 11.4 Å². The molecule has 0 saturated heterocycles. The minimum Gasteiger partial charge on any atom is -0.372 e. The maximum absolute atomic E-state index is 12.5. The lowest BCUT2D eigenvalue weighted by Gasteiger charge is -2.21. The largest absolute Gasteiger partial charge is 0.372 e. The SMILES string of the molecule is CCC(C)NC(=O)c1cccc(C(=O)Nc2ccc(N(CC)CC)cc2)n1. The molecule has 0 aliphatic rings. The quantitative estimate of drug-likeness (QED) is 0.745. The van der Waals surface area contributed by atoms with E-state index in [-0.39, 0.29) is 29.2 Å². The van der Waals surface area contributed by atoms with Gasteiger partial charge in [0.15, 0.2) is 0 Å². The van der Waals surface area contributed by atoms with Crippen molar-refractivity contribution in [1.82, 2.24) is 10.3 Å². The van der Waals surface area contributed by atoms with E-state index < -0.39 is 0 Å². The van der Waals surface area contributed by atoms with Crippen LogP contribution in [-0.2, 0) is 0 Å². The molecule has 0 saturated carbocycles. The highest BCUT2D eigenvalue weighted by atomic mass is 16.2. The number of nitrogens with one attached hydrogen (secondary N) is 2. The molecule has 0 spiro atoms. The fraction of sp³-hybridized carbons (Fsp3) is 0.381. The van der Waals surface area contributed by atoms with Gasteiger partial charge in [-0.05, 0) is 63.6 Å². The van der Waals surface area contributed by atoms with Gasteiger partial charge >= 0.3 is 0 Å². The van der Waals surface area contributed by atoms with Crippen molar-refractivity contribution >= 4 is 23.2 Å². The van der Waals surface area contributed by atoms with E-state index >= 15 is 0 Å². The summed E-state index contributed by atoms with van der Waals surface area (Å²) in [5.41, 5.74) is 2.24. The Kier molecular flexibility index (Phi) is 7.34. The second-order valence-electron chi connectivity index (χ2n) is 6.36. The summed E-state index contributed by atoms with van der Waals surface area (Å²) in [5.74, 6) is -0.619. The van der Waals surface area contributed by atoms with E-state index in [1.807, 2.05) is 38.1 Å². The monoisotopic (exact) mass is 368 g/mol. The van der Waals surface area contributed by atoms with E-state index in [2.05, 4.69) is 34.4 Å². The molecule has 27 heavy (non-hydrogen) atoms. The Morgan fingerprint density at radius 1 is 0.963 bits per heavy atom. The van der Waals surface area contributed by atoms with Crippen LogP contribution in [0.5, 0.6) is 0 Å². The summed E-state index contributed by atoms with van der Waals surface area (Å²) in [7, 11) is 0. The number of benzene rings is 1. The molecule has 144 valence electrons. The molecular weight excluding hydrogens is 340 g/mol. The standard InChI is InChI=1S/C21H28N4O2/c1-5-15(4)22-20(26)18-9-8-10-19(24-18)21(27)23-16-11-13-17(14-12-16)25(6-2)7-3/h8-15H,5-7H2,1-4H3,(H,22,26)(H,23,27). The zero-order valence-electron chi connectivity index (χ0n) is 16.5. The smallest absolute Gasteiger partial charge is 0.274 e. The third-order valence-electron chi connectivity index (χ3n) is 4.46. The molecular formula is C21H28N4O2. The molecule has 0 bridgehead atoms. The van der Waals surface area contributed by atoms with Crippen molar-refractivity contribution in [2.75, 3.05) is 23.3 Å². The Hall–Kier alpha value is -2.89. The summed E-state index contributed by atoms with van der Waals surface area (Å²) in [4.78, 5) is 31.1. The number of nitrogens with zero attached hydrogens (tertiary/aromatic N) is 2. The predicted octanol–water partition coefficient (Wildman–Crippen LogP) is 3.71. The van der Waals surface area contributed by atoms with Crippen LogP contribution in [0.15, 0.2) is 42.5 Å². The molecule has 0 aliphatic heterocycles. The molecule has 6 heteroatoms. The first-order valence-electron chi connectivity index (χ1n) is 9.42. The highest BCUT2D eigenvalue weighted by molar-refractivity contribution is 6.03. The predicted molar refractivity (Wildman–Crippen MR) is 109 cm³/mol. The first-order valence-corrected chi connectivity index (χ1v) is 9.42. The zero-order valence-corrected chi connectivity index (χ0v) is 16.5. The Morgan fingerprint density at radius 3 is 2.11 bits per heavy atom. The molecule has 2 N–H and O–H groups in total. The zero-order chi connectivity index (χ0) is 19.8. The number of hydrogen-bond donors (Lipinski definition) is 2. The van der Waals surface area contributed by atoms with Gasteiger partial charge in [0.05, 0.1) is 0 Å². The number of carbonyl (C=O) groups excluding carboxylic acids is 2. The number of amides is 2. The van der Waals surface area contributed by atoms with Gasteiger partial charge in [-0.1, -0.05) is 13.0 Å². The van der Waals surface area contributed by atoms with E-state index in [1.165, 1.54) is 0 Å². The molecule has 6 nitrogen and oxygen atoms in total. The summed E-state index contributed by atoms with van der Waals surface area (Å²) in [5, 5.41) is 5.68. The Balaban J connectivity index is 2.07. The van der Waals surface area contributed by atoms with Crippen LogP contribution in [0.4, 0.5) is 11.4 Å². The second kappa shape index (κ2) is 9.71. The first-order chi connectivity index (χ1) is 13.0. The normalized spacial score (nSPS) is 11.6. The van der Waals surface area contributed by atoms with E-state index in [0.29, 0.717) is 5.69 Å². The molecule has 2 rings (SSSR count). The number of hydrogen-bond acceptors (Lipinski definition) is 4. The van der Waals surface area contributed by atoms with E-state index in [4.69, 9.17) is 0 Å². The molecule has 0 radical (unpaired) electrons. The van der Waals surface area contributed by atoms with Crippen LogP contribution >= 0.6 is 0 Å². The van der Waals surface area contributed by atoms with Gasteiger partial charge in [-0.3, -0.25) is 9.59 Å². The molecule has 1 aromatic carbocycles. The van der Waals surface area contributed by atoms with E-state index in [1.54, 1.807) is 18.2 Å². The van der Waals surface area contributed by atoms with Crippen molar-refractivity contribution in [2.24, 2.45) is 0 Å². The summed E-state index contributed by atoms with van der Waals surface area (Å²) >= 11 is 0. The van der Waals surface area contributed by atoms with Crippen LogP contribution in [-0.4, -0.2) is 35.9 Å². The third-order valence-corrected chi connectivity index (χ3v) is 4.46. The molecule has 1 aromatic heterocycles. The lowest BCUT2D eigenvalue weighted by molar-refractivity contribution is 0.0934. The highest BCUT2D eigenvalue weighted by Gasteiger charge is 2.14. The summed E-state index contributed by atoms with van der Waals surface area (Å²) in [6.45, 7) is 9.99. The van der Waals surface area contributed by atoms with Gasteiger partial charge in [-0.15, -0.1) is 0 Å². The molecule has 1 heterocycles. The van der Waals surface area contributed by atoms with Gasteiger partial charge < -0.3 is 15.5 Å². The summed E-state index contributed by atoms with van der Waals surface area (Å²) < 4.78 is 0. The number of carbonyl (C=O) groups is 2. The minimum atomic E-state index is -0.344. The Bertz CT molecular complexity index is 770.